The van der Waals surface area contributed by atoms with Gasteiger partial charge in [0.2, 0.25) is 5.91 Å². The van der Waals surface area contributed by atoms with Gasteiger partial charge in [-0.3, -0.25) is 9.78 Å². The van der Waals surface area contributed by atoms with Crippen molar-refractivity contribution in [2.75, 3.05) is 11.9 Å². The highest BCUT2D eigenvalue weighted by Gasteiger charge is 2.24. The summed E-state index contributed by atoms with van der Waals surface area (Å²) in [5, 5.41) is 6.19. The highest BCUT2D eigenvalue weighted by Crippen LogP contribution is 2.17. The van der Waals surface area contributed by atoms with Gasteiger partial charge in [-0.25, -0.2) is 0 Å². The lowest BCUT2D eigenvalue weighted by Crippen LogP contribution is -2.45. The smallest absolute Gasteiger partial charge is 0.241 e. The fourth-order valence-corrected chi connectivity index (χ4v) is 2.12. The number of aryl methyl sites for hydroxylation is 1. The molecule has 17 heavy (non-hydrogen) atoms. The molecule has 4 nitrogen and oxygen atoms in total. The summed E-state index contributed by atoms with van der Waals surface area (Å²) in [4.78, 5) is 16.1. The highest BCUT2D eigenvalue weighted by molar-refractivity contribution is 5.95. The monoisotopic (exact) mass is 233 g/mol. The Kier molecular flexibility index (Phi) is 3.74. The number of nitrogens with zero attached hydrogens (tertiary/aromatic N) is 1. The number of amides is 1. The minimum atomic E-state index is -0.0710. The van der Waals surface area contributed by atoms with Gasteiger partial charge in [-0.2, -0.15) is 0 Å². The van der Waals surface area contributed by atoms with Crippen molar-refractivity contribution >= 4 is 11.6 Å². The second kappa shape index (κ2) is 5.27. The molecule has 1 aromatic rings. The average molecular weight is 233 g/mol. The van der Waals surface area contributed by atoms with Gasteiger partial charge in [0.05, 0.1) is 17.9 Å². The van der Waals surface area contributed by atoms with E-state index in [0.29, 0.717) is 5.92 Å². The molecule has 0 aliphatic carbocycles. The molecule has 1 aromatic heterocycles. The van der Waals surface area contributed by atoms with Crippen molar-refractivity contribution in [1.82, 2.24) is 10.3 Å². The van der Waals surface area contributed by atoms with Crippen LogP contribution in [0, 0.1) is 12.8 Å². The lowest BCUT2D eigenvalue weighted by molar-refractivity contribution is -0.119. The molecular formula is C13H19N3O. The van der Waals surface area contributed by atoms with Crippen LogP contribution < -0.4 is 10.6 Å². The van der Waals surface area contributed by atoms with Crippen LogP contribution in [0.5, 0.6) is 0 Å². The molecule has 0 spiro atoms. The first-order valence-corrected chi connectivity index (χ1v) is 6.11. The van der Waals surface area contributed by atoms with Gasteiger partial charge < -0.3 is 10.6 Å². The molecule has 2 rings (SSSR count). The quantitative estimate of drug-likeness (QED) is 0.817. The number of hydrogen-bond acceptors (Lipinski definition) is 3. The van der Waals surface area contributed by atoms with Crippen molar-refractivity contribution in [3.8, 4) is 0 Å². The van der Waals surface area contributed by atoms with Gasteiger partial charge >= 0.3 is 0 Å². The van der Waals surface area contributed by atoms with Crippen LogP contribution in [0.2, 0.25) is 0 Å². The minimum Gasteiger partial charge on any atom is -0.323 e. The molecule has 4 heteroatoms. The predicted octanol–water partition coefficient (Wildman–Crippen LogP) is 1.72. The Morgan fingerprint density at radius 1 is 1.59 bits per heavy atom. The van der Waals surface area contributed by atoms with Crippen LogP contribution in [0.1, 0.15) is 25.3 Å². The van der Waals surface area contributed by atoms with Gasteiger partial charge in [0.25, 0.3) is 0 Å². The summed E-state index contributed by atoms with van der Waals surface area (Å²) in [6.07, 6.45) is 5.48. The second-order valence-corrected chi connectivity index (χ2v) is 4.82. The fraction of sp³-hybridized carbons (Fsp3) is 0.538. The Morgan fingerprint density at radius 2 is 2.41 bits per heavy atom. The number of hydrogen-bond donors (Lipinski definition) is 2. The van der Waals surface area contributed by atoms with E-state index in [0.717, 1.165) is 30.6 Å². The maximum Gasteiger partial charge on any atom is 0.241 e. The summed E-state index contributed by atoms with van der Waals surface area (Å²) in [5.41, 5.74) is 1.84. The maximum atomic E-state index is 12.1. The van der Waals surface area contributed by atoms with Gasteiger partial charge in [-0.15, -0.1) is 0 Å². The van der Waals surface area contributed by atoms with Crippen LogP contribution in [0.4, 0.5) is 5.69 Å². The Balaban J connectivity index is 1.99. The van der Waals surface area contributed by atoms with Crippen LogP contribution >= 0.6 is 0 Å². The summed E-state index contributed by atoms with van der Waals surface area (Å²) in [5.74, 6) is 0.662. The van der Waals surface area contributed by atoms with E-state index in [1.165, 1.54) is 0 Å². The van der Waals surface area contributed by atoms with Crippen molar-refractivity contribution in [3.63, 3.8) is 0 Å². The van der Waals surface area contributed by atoms with Gasteiger partial charge in [0.15, 0.2) is 0 Å². The van der Waals surface area contributed by atoms with E-state index >= 15 is 0 Å². The van der Waals surface area contributed by atoms with Crippen LogP contribution in [0.15, 0.2) is 18.5 Å². The largest absolute Gasteiger partial charge is 0.323 e. The second-order valence-electron chi connectivity index (χ2n) is 4.82. The number of piperidine rings is 1. The standard InChI is InChI=1S/C13H19N3O/c1-9-3-6-15-11(7-9)13(17)16-12-8-14-5-4-10(12)2/h4-5,8-9,11,15H,3,6-7H2,1-2H3,(H,16,17). The summed E-state index contributed by atoms with van der Waals surface area (Å²) in [7, 11) is 0. The molecule has 0 saturated carbocycles. The van der Waals surface area contributed by atoms with Crippen LogP contribution in [-0.4, -0.2) is 23.5 Å². The molecule has 2 unspecified atom stereocenters. The van der Waals surface area contributed by atoms with Gasteiger partial charge in [-0.1, -0.05) is 6.92 Å². The number of anilines is 1. The van der Waals surface area contributed by atoms with Crippen molar-refractivity contribution in [2.24, 2.45) is 5.92 Å². The summed E-state index contributed by atoms with van der Waals surface area (Å²) >= 11 is 0. The molecule has 2 atom stereocenters. The number of carbonyl (C=O) groups is 1. The van der Waals surface area contributed by atoms with Crippen LogP contribution in [-0.2, 0) is 4.79 Å². The Morgan fingerprint density at radius 3 is 3.12 bits per heavy atom. The summed E-state index contributed by atoms with van der Waals surface area (Å²) in [6.45, 7) is 5.08. The van der Waals surface area contributed by atoms with E-state index in [1.807, 2.05) is 13.0 Å². The van der Waals surface area contributed by atoms with Crippen molar-refractivity contribution in [3.05, 3.63) is 24.0 Å². The molecule has 1 saturated heterocycles. The van der Waals surface area contributed by atoms with E-state index in [9.17, 15) is 4.79 Å². The topological polar surface area (TPSA) is 54.0 Å². The molecule has 0 radical (unpaired) electrons. The Bertz CT molecular complexity index is 405. The van der Waals surface area contributed by atoms with Crippen LogP contribution in [0.3, 0.4) is 0 Å². The fourth-order valence-electron chi connectivity index (χ4n) is 2.12. The first-order chi connectivity index (χ1) is 8.16. The molecule has 0 bridgehead atoms. The zero-order valence-electron chi connectivity index (χ0n) is 10.4. The first kappa shape index (κ1) is 12.0. The zero-order chi connectivity index (χ0) is 12.3. The number of rotatable bonds is 2. The molecular weight excluding hydrogens is 214 g/mol. The van der Waals surface area contributed by atoms with Crippen molar-refractivity contribution in [1.29, 1.82) is 0 Å². The van der Waals surface area contributed by atoms with Crippen LogP contribution in [0.25, 0.3) is 0 Å². The SMILES string of the molecule is Cc1ccncc1NC(=O)C1CC(C)CCN1. The average Bonchev–Trinajstić information content (AvgIpc) is 2.32. The molecule has 92 valence electrons. The highest BCUT2D eigenvalue weighted by atomic mass is 16.2. The first-order valence-electron chi connectivity index (χ1n) is 6.11. The third-order valence-corrected chi connectivity index (χ3v) is 3.28. The summed E-state index contributed by atoms with van der Waals surface area (Å²) in [6, 6.07) is 1.82. The van der Waals surface area contributed by atoms with E-state index in [-0.39, 0.29) is 11.9 Å². The number of carbonyl (C=O) groups excluding carboxylic acids is 1. The van der Waals surface area contributed by atoms with E-state index in [1.54, 1.807) is 12.4 Å². The van der Waals surface area contributed by atoms with Crippen molar-refractivity contribution < 1.29 is 4.79 Å². The predicted molar refractivity (Wildman–Crippen MR) is 67.8 cm³/mol. The molecule has 1 aliphatic rings. The third kappa shape index (κ3) is 3.03. The molecule has 1 fully saturated rings. The number of pyridine rings is 1. The normalized spacial score (nSPS) is 24.4. The van der Waals surface area contributed by atoms with Gasteiger partial charge in [0.1, 0.15) is 0 Å². The molecule has 1 aliphatic heterocycles. The van der Waals surface area contributed by atoms with Gasteiger partial charge in [0, 0.05) is 6.20 Å². The summed E-state index contributed by atoms with van der Waals surface area (Å²) < 4.78 is 0. The minimum absolute atomic E-state index is 0.0488. The number of aromatic nitrogens is 1. The Labute approximate surface area is 102 Å². The molecule has 0 aromatic carbocycles. The molecule has 1 amide bonds. The van der Waals surface area contributed by atoms with Crippen molar-refractivity contribution in [2.45, 2.75) is 32.7 Å². The van der Waals surface area contributed by atoms with E-state index < -0.39 is 0 Å². The zero-order valence-corrected chi connectivity index (χ0v) is 10.4. The van der Waals surface area contributed by atoms with E-state index in [2.05, 4.69) is 22.5 Å². The maximum absolute atomic E-state index is 12.1. The van der Waals surface area contributed by atoms with E-state index in [4.69, 9.17) is 0 Å². The molecule has 2 N–H and O–H groups in total. The number of nitrogens with one attached hydrogen (secondary N) is 2. The molecule has 2 heterocycles. The third-order valence-electron chi connectivity index (χ3n) is 3.28. The van der Waals surface area contributed by atoms with Gasteiger partial charge in [-0.05, 0) is 43.9 Å². The Hall–Kier alpha value is -1.42. The lowest BCUT2D eigenvalue weighted by Gasteiger charge is -2.27. The lowest BCUT2D eigenvalue weighted by atomic mass is 9.94.